The van der Waals surface area contributed by atoms with Gasteiger partial charge in [-0.05, 0) is 63.2 Å². The third-order valence-electron chi connectivity index (χ3n) is 7.39. The van der Waals surface area contributed by atoms with Crippen molar-refractivity contribution >= 4 is 11.9 Å². The van der Waals surface area contributed by atoms with Gasteiger partial charge in [0.05, 0.1) is 24.0 Å². The number of carbonyl (C=O) groups excluding carboxylic acids is 2. The standard InChI is InChI=1S/C24H40O4/c1-3-5-7-9-11-27-21(25)23-14-19-13-20(15-23)17-24(16-19,18-23)22(26)28-12-10-8-6-4-2/h19-20H,3-18H2,1-2H3. The van der Waals surface area contributed by atoms with Crippen molar-refractivity contribution in [3.05, 3.63) is 0 Å². The zero-order chi connectivity index (χ0) is 20.0. The molecule has 0 N–H and O–H groups in total. The van der Waals surface area contributed by atoms with Gasteiger partial charge >= 0.3 is 11.9 Å². The fraction of sp³-hybridized carbons (Fsp3) is 0.917. The van der Waals surface area contributed by atoms with Crippen molar-refractivity contribution in [3.8, 4) is 0 Å². The van der Waals surface area contributed by atoms with Crippen LogP contribution >= 0.6 is 0 Å². The Labute approximate surface area is 171 Å². The molecule has 0 heterocycles. The Morgan fingerprint density at radius 2 is 1.14 bits per heavy atom. The summed E-state index contributed by atoms with van der Waals surface area (Å²) in [6, 6.07) is 0. The molecule has 4 nitrogen and oxygen atoms in total. The van der Waals surface area contributed by atoms with Crippen LogP contribution in [-0.2, 0) is 19.1 Å². The molecule has 0 aliphatic heterocycles. The SMILES string of the molecule is CCCCCCOC(=O)C12CC3CC(C1)CC(C(=O)OCCCCCC)(C3)C2. The minimum Gasteiger partial charge on any atom is -0.465 e. The molecule has 0 aromatic heterocycles. The highest BCUT2D eigenvalue weighted by Gasteiger charge is 2.64. The van der Waals surface area contributed by atoms with E-state index in [1.54, 1.807) is 0 Å². The van der Waals surface area contributed by atoms with E-state index < -0.39 is 10.8 Å². The molecule has 0 aromatic rings. The van der Waals surface area contributed by atoms with E-state index in [4.69, 9.17) is 9.47 Å². The Kier molecular flexibility index (Phi) is 7.44. The maximum atomic E-state index is 13.1. The maximum absolute atomic E-state index is 13.1. The third-order valence-corrected chi connectivity index (χ3v) is 7.39. The van der Waals surface area contributed by atoms with Gasteiger partial charge in [-0.15, -0.1) is 0 Å². The Bertz CT molecular complexity index is 483. The highest BCUT2D eigenvalue weighted by molar-refractivity contribution is 5.83. The lowest BCUT2D eigenvalue weighted by Gasteiger charge is -2.59. The maximum Gasteiger partial charge on any atom is 0.312 e. The van der Waals surface area contributed by atoms with Gasteiger partial charge in [-0.25, -0.2) is 0 Å². The first-order chi connectivity index (χ1) is 13.5. The van der Waals surface area contributed by atoms with E-state index in [1.807, 2.05) is 0 Å². The Morgan fingerprint density at radius 1 is 0.714 bits per heavy atom. The molecule has 0 atom stereocenters. The van der Waals surface area contributed by atoms with E-state index in [0.717, 1.165) is 51.4 Å². The molecule has 0 aromatic carbocycles. The zero-order valence-electron chi connectivity index (χ0n) is 18.1. The first-order valence-electron chi connectivity index (χ1n) is 11.9. The molecule has 28 heavy (non-hydrogen) atoms. The van der Waals surface area contributed by atoms with Crippen molar-refractivity contribution in [3.63, 3.8) is 0 Å². The van der Waals surface area contributed by atoms with E-state index in [9.17, 15) is 9.59 Å². The van der Waals surface area contributed by atoms with Crippen molar-refractivity contribution in [2.45, 2.75) is 104 Å². The summed E-state index contributed by atoms with van der Waals surface area (Å²) in [6.07, 6.45) is 14.4. The normalized spacial score (nSPS) is 33.1. The molecule has 4 aliphatic carbocycles. The number of ether oxygens (including phenoxy) is 2. The van der Waals surface area contributed by atoms with Gasteiger partial charge in [0.25, 0.3) is 0 Å². The van der Waals surface area contributed by atoms with E-state index in [2.05, 4.69) is 13.8 Å². The number of hydrogen-bond acceptors (Lipinski definition) is 4. The summed E-state index contributed by atoms with van der Waals surface area (Å²) in [6.45, 7) is 5.43. The van der Waals surface area contributed by atoms with Crippen LogP contribution in [0.3, 0.4) is 0 Å². The molecule has 0 radical (unpaired) electrons. The van der Waals surface area contributed by atoms with E-state index >= 15 is 0 Å². The second-order valence-corrected chi connectivity index (χ2v) is 9.91. The molecular weight excluding hydrogens is 352 g/mol. The average molecular weight is 393 g/mol. The molecule has 0 amide bonds. The fourth-order valence-corrected chi connectivity index (χ4v) is 6.43. The highest BCUT2D eigenvalue weighted by Crippen LogP contribution is 2.66. The van der Waals surface area contributed by atoms with Crippen LogP contribution < -0.4 is 0 Å². The molecule has 0 unspecified atom stereocenters. The van der Waals surface area contributed by atoms with Crippen LogP contribution in [-0.4, -0.2) is 25.2 Å². The molecule has 0 saturated heterocycles. The van der Waals surface area contributed by atoms with Crippen molar-refractivity contribution in [1.29, 1.82) is 0 Å². The van der Waals surface area contributed by atoms with Crippen LogP contribution in [0.25, 0.3) is 0 Å². The van der Waals surface area contributed by atoms with Gasteiger partial charge in [0.15, 0.2) is 0 Å². The van der Waals surface area contributed by atoms with E-state index in [-0.39, 0.29) is 11.9 Å². The lowest BCUT2D eigenvalue weighted by molar-refractivity contribution is -0.194. The lowest BCUT2D eigenvalue weighted by atomic mass is 9.44. The monoisotopic (exact) mass is 392 g/mol. The molecular formula is C24H40O4. The second kappa shape index (κ2) is 9.63. The van der Waals surface area contributed by atoms with Gasteiger partial charge in [0, 0.05) is 0 Å². The molecule has 4 aliphatic rings. The van der Waals surface area contributed by atoms with Crippen LogP contribution in [0.5, 0.6) is 0 Å². The summed E-state index contributed by atoms with van der Waals surface area (Å²) in [5, 5.41) is 0. The first-order valence-corrected chi connectivity index (χ1v) is 11.9. The van der Waals surface area contributed by atoms with Gasteiger partial charge in [-0.1, -0.05) is 52.4 Å². The summed E-state index contributed by atoms with van der Waals surface area (Å²) in [5.41, 5.74) is -0.841. The smallest absolute Gasteiger partial charge is 0.312 e. The molecule has 4 bridgehead atoms. The molecule has 160 valence electrons. The molecule has 4 saturated carbocycles. The van der Waals surface area contributed by atoms with E-state index in [1.165, 1.54) is 32.1 Å². The van der Waals surface area contributed by atoms with Crippen molar-refractivity contribution in [1.82, 2.24) is 0 Å². The average Bonchev–Trinajstić information content (AvgIpc) is 2.66. The first kappa shape index (κ1) is 21.6. The fourth-order valence-electron chi connectivity index (χ4n) is 6.43. The molecule has 4 fully saturated rings. The van der Waals surface area contributed by atoms with Gasteiger partial charge in [-0.3, -0.25) is 9.59 Å². The predicted octanol–water partition coefficient (Wildman–Crippen LogP) is 5.82. The number of hydrogen-bond donors (Lipinski definition) is 0. The Hall–Kier alpha value is -1.06. The van der Waals surface area contributed by atoms with Crippen molar-refractivity contribution in [2.75, 3.05) is 13.2 Å². The van der Waals surface area contributed by atoms with E-state index in [0.29, 0.717) is 31.5 Å². The second-order valence-electron chi connectivity index (χ2n) is 9.91. The van der Waals surface area contributed by atoms with Crippen LogP contribution in [0.15, 0.2) is 0 Å². The van der Waals surface area contributed by atoms with Crippen molar-refractivity contribution in [2.24, 2.45) is 22.7 Å². The third kappa shape index (κ3) is 4.74. The van der Waals surface area contributed by atoms with Gasteiger partial charge < -0.3 is 9.47 Å². The highest BCUT2D eigenvalue weighted by atomic mass is 16.5. The van der Waals surface area contributed by atoms with Crippen LogP contribution in [0.2, 0.25) is 0 Å². The topological polar surface area (TPSA) is 52.6 Å². The number of rotatable bonds is 12. The van der Waals surface area contributed by atoms with Crippen LogP contribution in [0, 0.1) is 22.7 Å². The largest absolute Gasteiger partial charge is 0.465 e. The number of carbonyl (C=O) groups is 2. The van der Waals surface area contributed by atoms with Crippen LogP contribution in [0.4, 0.5) is 0 Å². The molecule has 4 rings (SSSR count). The van der Waals surface area contributed by atoms with Gasteiger partial charge in [0.1, 0.15) is 0 Å². The number of unbranched alkanes of at least 4 members (excludes halogenated alkanes) is 6. The Balaban J connectivity index is 1.57. The summed E-state index contributed by atoms with van der Waals surface area (Å²) in [5.74, 6) is 0.916. The predicted molar refractivity (Wildman–Crippen MR) is 110 cm³/mol. The minimum absolute atomic E-state index is 0.0294. The summed E-state index contributed by atoms with van der Waals surface area (Å²) in [4.78, 5) is 26.1. The van der Waals surface area contributed by atoms with Gasteiger partial charge in [-0.2, -0.15) is 0 Å². The Morgan fingerprint density at radius 3 is 1.54 bits per heavy atom. The van der Waals surface area contributed by atoms with Crippen molar-refractivity contribution < 1.29 is 19.1 Å². The summed E-state index contributed by atoms with van der Waals surface area (Å²) >= 11 is 0. The zero-order valence-corrected chi connectivity index (χ0v) is 18.1. The quantitative estimate of drug-likeness (QED) is 0.310. The minimum atomic E-state index is -0.421. The van der Waals surface area contributed by atoms with Gasteiger partial charge in [0.2, 0.25) is 0 Å². The molecule has 4 heteroatoms. The summed E-state index contributed by atoms with van der Waals surface area (Å²) in [7, 11) is 0. The van der Waals surface area contributed by atoms with Crippen LogP contribution in [0.1, 0.15) is 104 Å². The summed E-state index contributed by atoms with van der Waals surface area (Å²) < 4.78 is 11.5. The molecule has 0 spiro atoms. The lowest BCUT2D eigenvalue weighted by Crippen LogP contribution is -2.58. The number of esters is 2.